The first-order valence-electron chi connectivity index (χ1n) is 9.86. The van der Waals surface area contributed by atoms with E-state index >= 15 is 0 Å². The quantitative estimate of drug-likeness (QED) is 0.742. The highest BCUT2D eigenvalue weighted by Gasteiger charge is 2.31. The van der Waals surface area contributed by atoms with Crippen LogP contribution in [-0.2, 0) is 11.2 Å². The molecule has 1 N–H and O–H groups in total. The van der Waals surface area contributed by atoms with Crippen LogP contribution in [0.2, 0.25) is 0 Å². The zero-order valence-corrected chi connectivity index (χ0v) is 15.9. The van der Waals surface area contributed by atoms with E-state index in [0.717, 1.165) is 35.3 Å². The summed E-state index contributed by atoms with van der Waals surface area (Å²) >= 11 is 0. The predicted octanol–water partition coefficient (Wildman–Crippen LogP) is 2.60. The summed E-state index contributed by atoms with van der Waals surface area (Å²) in [4.78, 5) is 27.1. The topological polar surface area (TPSA) is 84.5 Å². The largest absolute Gasteiger partial charge is 0.486 e. The second kappa shape index (κ2) is 7.24. The van der Waals surface area contributed by atoms with E-state index in [1.165, 1.54) is 0 Å². The number of rotatable bonds is 3. The fourth-order valence-corrected chi connectivity index (χ4v) is 4.23. The average Bonchev–Trinajstić information content (AvgIpc) is 3.26. The molecule has 0 bridgehead atoms. The highest BCUT2D eigenvalue weighted by Crippen LogP contribution is 2.38. The minimum atomic E-state index is -0.243. The van der Waals surface area contributed by atoms with Gasteiger partial charge in [-0.3, -0.25) is 9.59 Å². The molecule has 148 valence electrons. The molecule has 1 fully saturated rings. The van der Waals surface area contributed by atoms with Crippen LogP contribution in [0.5, 0.6) is 11.5 Å². The summed E-state index contributed by atoms with van der Waals surface area (Å²) in [5.74, 6) is 1.49. The van der Waals surface area contributed by atoms with Gasteiger partial charge in [-0.1, -0.05) is 24.3 Å². The Hall–Kier alpha value is -3.35. The maximum Gasteiger partial charge on any atom is 0.272 e. The molecule has 7 nitrogen and oxygen atoms in total. The van der Waals surface area contributed by atoms with E-state index < -0.39 is 0 Å². The van der Waals surface area contributed by atoms with E-state index in [1.807, 2.05) is 41.3 Å². The molecule has 1 atom stereocenters. The zero-order valence-electron chi connectivity index (χ0n) is 15.9. The van der Waals surface area contributed by atoms with Crippen molar-refractivity contribution in [3.8, 4) is 11.5 Å². The highest BCUT2D eigenvalue weighted by atomic mass is 16.6. The molecule has 29 heavy (non-hydrogen) atoms. The molecule has 0 unspecified atom stereocenters. The van der Waals surface area contributed by atoms with Crippen LogP contribution in [0.1, 0.15) is 30.1 Å². The number of likely N-dealkylation sites (tertiary alicyclic amines) is 1. The minimum Gasteiger partial charge on any atom is -0.486 e. The molecule has 0 aliphatic carbocycles. The van der Waals surface area contributed by atoms with Crippen molar-refractivity contribution in [2.45, 2.75) is 25.3 Å². The van der Waals surface area contributed by atoms with Gasteiger partial charge in [-0.2, -0.15) is 5.10 Å². The Labute approximate surface area is 167 Å². The minimum absolute atomic E-state index is 0.00657. The van der Waals surface area contributed by atoms with Gasteiger partial charge in [0, 0.05) is 11.9 Å². The Morgan fingerprint density at radius 2 is 1.90 bits per heavy atom. The molecule has 1 aromatic heterocycles. The smallest absolute Gasteiger partial charge is 0.272 e. The van der Waals surface area contributed by atoms with Gasteiger partial charge >= 0.3 is 0 Å². The maximum atomic E-state index is 13.2. The molecule has 0 saturated carbocycles. The number of fused-ring (bicyclic) bond motifs is 2. The number of aromatic nitrogens is 2. The monoisotopic (exact) mass is 391 g/mol. The van der Waals surface area contributed by atoms with Crippen molar-refractivity contribution in [2.24, 2.45) is 0 Å². The van der Waals surface area contributed by atoms with Gasteiger partial charge in [0.2, 0.25) is 5.91 Å². The van der Waals surface area contributed by atoms with Crippen molar-refractivity contribution in [3.63, 3.8) is 0 Å². The molecule has 1 amide bonds. The summed E-state index contributed by atoms with van der Waals surface area (Å²) < 4.78 is 11.3. The normalized spacial score (nSPS) is 18.2. The third-order valence-corrected chi connectivity index (χ3v) is 5.62. The van der Waals surface area contributed by atoms with Crippen molar-refractivity contribution < 1.29 is 14.3 Å². The lowest BCUT2D eigenvalue weighted by Crippen LogP contribution is -2.32. The van der Waals surface area contributed by atoms with E-state index in [2.05, 4.69) is 10.2 Å². The van der Waals surface area contributed by atoms with E-state index in [0.29, 0.717) is 30.8 Å². The standard InChI is InChI=1S/C22H21N3O4/c26-21(13-17-15-4-1-2-5-16(15)22(27)24-23-17)25-9-3-6-18(25)14-7-8-19-20(12-14)29-11-10-28-19/h1-2,4-5,7-8,12,18H,3,6,9-11,13H2,(H,24,27)/t18-/m1/s1. The lowest BCUT2D eigenvalue weighted by molar-refractivity contribution is -0.131. The van der Waals surface area contributed by atoms with Crippen molar-refractivity contribution in [1.82, 2.24) is 15.1 Å². The molecule has 3 aromatic rings. The maximum absolute atomic E-state index is 13.2. The van der Waals surface area contributed by atoms with Gasteiger partial charge in [-0.25, -0.2) is 5.10 Å². The number of aromatic amines is 1. The Morgan fingerprint density at radius 1 is 1.10 bits per heavy atom. The molecule has 2 aliphatic rings. The van der Waals surface area contributed by atoms with Crippen molar-refractivity contribution >= 4 is 16.7 Å². The number of hydrogen-bond acceptors (Lipinski definition) is 5. The van der Waals surface area contributed by atoms with Crippen molar-refractivity contribution in [2.75, 3.05) is 19.8 Å². The van der Waals surface area contributed by atoms with Crippen LogP contribution in [0.3, 0.4) is 0 Å². The van der Waals surface area contributed by atoms with Gasteiger partial charge in [0.05, 0.1) is 23.5 Å². The molecular formula is C22H21N3O4. The second-order valence-electron chi connectivity index (χ2n) is 7.37. The third kappa shape index (κ3) is 3.22. The van der Waals surface area contributed by atoms with Gasteiger partial charge < -0.3 is 14.4 Å². The first-order chi connectivity index (χ1) is 14.2. The first-order valence-corrected chi connectivity index (χ1v) is 9.86. The molecule has 2 aliphatic heterocycles. The van der Waals surface area contributed by atoms with Crippen LogP contribution < -0.4 is 15.0 Å². The summed E-state index contributed by atoms with van der Waals surface area (Å²) in [5.41, 5.74) is 1.41. The molecule has 3 heterocycles. The molecule has 1 saturated heterocycles. The molecule has 5 rings (SSSR count). The number of nitrogens with zero attached hydrogens (tertiary/aromatic N) is 2. The average molecular weight is 391 g/mol. The molecule has 2 aromatic carbocycles. The van der Waals surface area contributed by atoms with Crippen LogP contribution in [0.25, 0.3) is 10.8 Å². The number of ether oxygens (including phenoxy) is 2. The van der Waals surface area contributed by atoms with Crippen LogP contribution in [0.4, 0.5) is 0 Å². The van der Waals surface area contributed by atoms with E-state index in [1.54, 1.807) is 6.07 Å². The first kappa shape index (κ1) is 17.7. The molecular weight excluding hydrogens is 370 g/mol. The predicted molar refractivity (Wildman–Crippen MR) is 107 cm³/mol. The van der Waals surface area contributed by atoms with Gasteiger partial charge in [-0.15, -0.1) is 0 Å². The fraction of sp³-hybridized carbons (Fsp3) is 0.318. The van der Waals surface area contributed by atoms with Gasteiger partial charge in [0.1, 0.15) is 13.2 Å². The summed E-state index contributed by atoms with van der Waals surface area (Å²) in [6.07, 6.45) is 2.01. The van der Waals surface area contributed by atoms with Crippen LogP contribution >= 0.6 is 0 Å². The number of carbonyl (C=O) groups excluding carboxylic acids is 1. The number of carbonyl (C=O) groups is 1. The lowest BCUT2D eigenvalue weighted by Gasteiger charge is -2.27. The van der Waals surface area contributed by atoms with E-state index in [9.17, 15) is 9.59 Å². The summed E-state index contributed by atoms with van der Waals surface area (Å²) in [5, 5.41) is 7.93. The Kier molecular flexibility index (Phi) is 4.42. The fourth-order valence-electron chi connectivity index (χ4n) is 4.23. The second-order valence-corrected chi connectivity index (χ2v) is 7.37. The number of hydrogen-bond donors (Lipinski definition) is 1. The van der Waals surface area contributed by atoms with E-state index in [4.69, 9.17) is 9.47 Å². The number of amides is 1. The Bertz CT molecular complexity index is 1140. The Morgan fingerprint density at radius 3 is 2.76 bits per heavy atom. The Balaban J connectivity index is 1.41. The summed E-state index contributed by atoms with van der Waals surface area (Å²) in [6.45, 7) is 1.80. The van der Waals surface area contributed by atoms with Gasteiger partial charge in [0.15, 0.2) is 11.5 Å². The van der Waals surface area contributed by atoms with E-state index in [-0.39, 0.29) is 23.9 Å². The van der Waals surface area contributed by atoms with Crippen LogP contribution in [-0.4, -0.2) is 40.8 Å². The summed E-state index contributed by atoms with van der Waals surface area (Å²) in [6, 6.07) is 13.2. The van der Waals surface area contributed by atoms with Gasteiger partial charge in [0.25, 0.3) is 5.56 Å². The lowest BCUT2D eigenvalue weighted by atomic mass is 10.0. The van der Waals surface area contributed by atoms with Gasteiger partial charge in [-0.05, 0) is 36.6 Å². The summed E-state index contributed by atoms with van der Waals surface area (Å²) in [7, 11) is 0. The van der Waals surface area contributed by atoms with Crippen LogP contribution in [0.15, 0.2) is 47.3 Å². The van der Waals surface area contributed by atoms with Crippen molar-refractivity contribution in [3.05, 3.63) is 64.1 Å². The molecule has 0 spiro atoms. The highest BCUT2D eigenvalue weighted by molar-refractivity contribution is 5.88. The number of H-pyrrole nitrogens is 1. The number of benzene rings is 2. The SMILES string of the molecule is O=C(Cc1n[nH]c(=O)c2ccccc12)N1CCC[C@@H]1c1ccc2c(c1)OCCO2. The molecule has 0 radical (unpaired) electrons. The third-order valence-electron chi connectivity index (χ3n) is 5.62. The number of nitrogens with one attached hydrogen (secondary N) is 1. The molecule has 7 heteroatoms. The van der Waals surface area contributed by atoms with Crippen LogP contribution in [0, 0.1) is 0 Å². The zero-order chi connectivity index (χ0) is 19.8. The van der Waals surface area contributed by atoms with Crippen molar-refractivity contribution in [1.29, 1.82) is 0 Å².